The Kier molecular flexibility index (Phi) is 6.93. The minimum atomic E-state index is -0.00839. The molecule has 1 saturated heterocycles. The van der Waals surface area contributed by atoms with Gasteiger partial charge in [0, 0.05) is 30.3 Å². The summed E-state index contributed by atoms with van der Waals surface area (Å²) >= 11 is 1.47. The normalized spacial score (nSPS) is 19.3. The number of anilines is 1. The molecule has 2 amide bonds. The first kappa shape index (κ1) is 21.7. The van der Waals surface area contributed by atoms with Crippen molar-refractivity contribution in [1.82, 2.24) is 15.6 Å². The number of hydrogen-bond donors (Lipinski definition) is 3. The van der Waals surface area contributed by atoms with Crippen LogP contribution in [0.1, 0.15) is 31.7 Å². The average molecular weight is 435 g/mol. The zero-order chi connectivity index (χ0) is 19.6. The average Bonchev–Trinajstić information content (AvgIpc) is 3.17. The van der Waals surface area contributed by atoms with Crippen molar-refractivity contribution in [3.63, 3.8) is 0 Å². The molecule has 1 aromatic heterocycles. The summed E-state index contributed by atoms with van der Waals surface area (Å²) < 4.78 is 0. The van der Waals surface area contributed by atoms with E-state index in [2.05, 4.69) is 33.1 Å². The van der Waals surface area contributed by atoms with Crippen molar-refractivity contribution in [3.05, 3.63) is 35.2 Å². The van der Waals surface area contributed by atoms with Crippen molar-refractivity contribution in [2.45, 2.75) is 32.6 Å². The summed E-state index contributed by atoms with van der Waals surface area (Å²) in [5, 5.41) is 11.9. The van der Waals surface area contributed by atoms with E-state index in [9.17, 15) is 9.59 Å². The molecule has 0 radical (unpaired) electrons. The molecule has 1 unspecified atom stereocenters. The highest BCUT2D eigenvalue weighted by Gasteiger charge is 2.57. The third-order valence-electron chi connectivity index (χ3n) is 5.88. The van der Waals surface area contributed by atoms with Crippen molar-refractivity contribution in [2.75, 3.05) is 25.0 Å². The maximum absolute atomic E-state index is 12.6. The summed E-state index contributed by atoms with van der Waals surface area (Å²) in [5.74, 6) is 0.256. The van der Waals surface area contributed by atoms with Gasteiger partial charge in [-0.3, -0.25) is 9.59 Å². The maximum Gasteiger partial charge on any atom is 0.229 e. The predicted molar refractivity (Wildman–Crippen MR) is 118 cm³/mol. The fraction of sp³-hybridized carbons (Fsp3) is 0.476. The first-order valence-electron chi connectivity index (χ1n) is 9.87. The smallest absolute Gasteiger partial charge is 0.229 e. The van der Waals surface area contributed by atoms with Crippen molar-refractivity contribution in [3.8, 4) is 11.3 Å². The molecule has 3 N–H and O–H groups in total. The van der Waals surface area contributed by atoms with E-state index >= 15 is 0 Å². The Morgan fingerprint density at radius 2 is 1.97 bits per heavy atom. The number of thiazole rings is 1. The van der Waals surface area contributed by atoms with E-state index in [1.165, 1.54) is 23.8 Å². The van der Waals surface area contributed by atoms with E-state index in [-0.39, 0.29) is 35.6 Å². The zero-order valence-electron chi connectivity index (χ0n) is 16.5. The monoisotopic (exact) mass is 434 g/mol. The lowest BCUT2D eigenvalue weighted by Gasteiger charge is -2.22. The molecule has 8 heteroatoms. The highest BCUT2D eigenvalue weighted by Crippen LogP contribution is 2.58. The summed E-state index contributed by atoms with van der Waals surface area (Å²) in [6.07, 6.45) is 4.01. The number of amides is 2. The van der Waals surface area contributed by atoms with Crippen molar-refractivity contribution in [2.24, 2.45) is 11.3 Å². The lowest BCUT2D eigenvalue weighted by atomic mass is 9.92. The first-order valence-corrected chi connectivity index (χ1v) is 10.7. The summed E-state index contributed by atoms with van der Waals surface area (Å²) in [6.45, 7) is 4.20. The van der Waals surface area contributed by atoms with E-state index < -0.39 is 0 Å². The third-order valence-corrected chi connectivity index (χ3v) is 6.63. The third kappa shape index (κ3) is 5.15. The second kappa shape index (κ2) is 9.24. The van der Waals surface area contributed by atoms with Crippen LogP contribution >= 0.6 is 23.7 Å². The van der Waals surface area contributed by atoms with Gasteiger partial charge in [0.15, 0.2) is 5.13 Å². The minimum Gasteiger partial charge on any atom is -0.356 e. The van der Waals surface area contributed by atoms with Crippen LogP contribution in [0, 0.1) is 11.3 Å². The molecular formula is C21H27ClN4O2S. The van der Waals surface area contributed by atoms with Crippen LogP contribution in [0.5, 0.6) is 0 Å². The van der Waals surface area contributed by atoms with Crippen molar-refractivity contribution < 1.29 is 9.59 Å². The van der Waals surface area contributed by atoms with Gasteiger partial charge in [0.1, 0.15) is 0 Å². The van der Waals surface area contributed by atoms with Gasteiger partial charge in [0.2, 0.25) is 11.8 Å². The van der Waals surface area contributed by atoms with Crippen LogP contribution in [0.15, 0.2) is 29.6 Å². The summed E-state index contributed by atoms with van der Waals surface area (Å²) in [6, 6.07) is 8.18. The van der Waals surface area contributed by atoms with Gasteiger partial charge in [0.25, 0.3) is 0 Å². The van der Waals surface area contributed by atoms with Gasteiger partial charge in [-0.1, -0.05) is 24.3 Å². The number of benzene rings is 1. The van der Waals surface area contributed by atoms with Crippen molar-refractivity contribution in [1.29, 1.82) is 0 Å². The number of nitrogens with zero attached hydrogens (tertiary/aromatic N) is 1. The van der Waals surface area contributed by atoms with E-state index in [1.807, 2.05) is 17.5 Å². The lowest BCUT2D eigenvalue weighted by molar-refractivity contribution is -0.119. The summed E-state index contributed by atoms with van der Waals surface area (Å²) in [7, 11) is 0. The first-order chi connectivity index (χ1) is 13.6. The largest absolute Gasteiger partial charge is 0.356 e. The van der Waals surface area contributed by atoms with Gasteiger partial charge < -0.3 is 16.0 Å². The topological polar surface area (TPSA) is 83.1 Å². The molecule has 4 rings (SSSR count). The summed E-state index contributed by atoms with van der Waals surface area (Å²) in [4.78, 5) is 28.1. The standard InChI is InChI=1S/C21H26N4O2S.ClH/c1-14(26)23-9-6-15-2-4-16(5-3-15)18-13-28-20(24-18)25-19(27)17-12-21(17)7-10-22-11-8-21;/h2-5,13,17,22H,6-12H2,1H3,(H,23,26)(H,24,25,27);1H. The fourth-order valence-corrected chi connectivity index (χ4v) is 4.80. The molecule has 6 nitrogen and oxygen atoms in total. The van der Waals surface area contributed by atoms with E-state index in [1.54, 1.807) is 0 Å². The molecule has 1 aliphatic heterocycles. The SMILES string of the molecule is CC(=O)NCCc1ccc(-c2csc(NC(=O)C3CC34CCNCC4)n2)cc1.Cl. The highest BCUT2D eigenvalue weighted by atomic mass is 35.5. The minimum absolute atomic E-state index is 0. The number of carbonyl (C=O) groups excluding carboxylic acids is 2. The van der Waals surface area contributed by atoms with Gasteiger partial charge in [-0.05, 0) is 49.8 Å². The van der Waals surface area contributed by atoms with Crippen LogP contribution in [0.25, 0.3) is 11.3 Å². The Bertz CT molecular complexity index is 862. The quantitative estimate of drug-likeness (QED) is 0.651. The maximum atomic E-state index is 12.6. The van der Waals surface area contributed by atoms with Gasteiger partial charge >= 0.3 is 0 Å². The van der Waals surface area contributed by atoms with Crippen LogP contribution in [0.2, 0.25) is 0 Å². The highest BCUT2D eigenvalue weighted by molar-refractivity contribution is 7.14. The molecular weight excluding hydrogens is 408 g/mol. The second-order valence-electron chi connectivity index (χ2n) is 7.83. The number of halogens is 1. The zero-order valence-corrected chi connectivity index (χ0v) is 18.1. The van der Waals surface area contributed by atoms with Crippen LogP contribution in [-0.4, -0.2) is 36.4 Å². The number of piperidine rings is 1. The fourth-order valence-electron chi connectivity index (χ4n) is 4.08. The molecule has 1 aromatic carbocycles. The van der Waals surface area contributed by atoms with Gasteiger partial charge in [-0.2, -0.15) is 0 Å². The van der Waals surface area contributed by atoms with Crippen LogP contribution in [0.4, 0.5) is 5.13 Å². The molecule has 2 fully saturated rings. The lowest BCUT2D eigenvalue weighted by Crippen LogP contribution is -2.31. The van der Waals surface area contributed by atoms with E-state index in [0.29, 0.717) is 11.7 Å². The Balaban J connectivity index is 0.00000240. The predicted octanol–water partition coefficient (Wildman–Crippen LogP) is 3.24. The summed E-state index contributed by atoms with van der Waals surface area (Å²) in [5.41, 5.74) is 3.31. The molecule has 156 valence electrons. The molecule has 1 atom stereocenters. The number of carbonyl (C=O) groups is 2. The number of rotatable bonds is 6. The molecule has 1 spiro atoms. The Morgan fingerprint density at radius 1 is 1.24 bits per heavy atom. The van der Waals surface area contributed by atoms with Gasteiger partial charge in [0.05, 0.1) is 5.69 Å². The Morgan fingerprint density at radius 3 is 2.66 bits per heavy atom. The van der Waals surface area contributed by atoms with E-state index in [4.69, 9.17) is 0 Å². The van der Waals surface area contributed by atoms with Crippen LogP contribution in [-0.2, 0) is 16.0 Å². The van der Waals surface area contributed by atoms with Gasteiger partial charge in [-0.25, -0.2) is 4.98 Å². The number of aromatic nitrogens is 1. The second-order valence-corrected chi connectivity index (χ2v) is 8.68. The van der Waals surface area contributed by atoms with E-state index in [0.717, 1.165) is 50.0 Å². The molecule has 1 saturated carbocycles. The molecule has 1 aliphatic carbocycles. The molecule has 2 heterocycles. The molecule has 0 bridgehead atoms. The molecule has 29 heavy (non-hydrogen) atoms. The number of hydrogen-bond acceptors (Lipinski definition) is 5. The van der Waals surface area contributed by atoms with Crippen molar-refractivity contribution >= 4 is 40.7 Å². The van der Waals surface area contributed by atoms with Crippen LogP contribution in [0.3, 0.4) is 0 Å². The Hall–Kier alpha value is -1.96. The molecule has 2 aromatic rings. The van der Waals surface area contributed by atoms with Gasteiger partial charge in [-0.15, -0.1) is 23.7 Å². The molecule has 2 aliphatic rings. The Labute approximate surface area is 181 Å². The van der Waals surface area contributed by atoms with Crippen LogP contribution < -0.4 is 16.0 Å². The number of nitrogens with one attached hydrogen (secondary N) is 3.